The predicted molar refractivity (Wildman–Crippen MR) is 67.7 cm³/mol. The van der Waals surface area contributed by atoms with E-state index in [1.165, 1.54) is 31.4 Å². The second-order valence-electron chi connectivity index (χ2n) is 4.87. The van der Waals surface area contributed by atoms with Crippen molar-refractivity contribution in [3.63, 3.8) is 0 Å². The first-order valence-electron chi connectivity index (χ1n) is 6.17. The van der Waals surface area contributed by atoms with Gasteiger partial charge in [-0.25, -0.2) is 4.79 Å². The summed E-state index contributed by atoms with van der Waals surface area (Å²) in [5.41, 5.74) is 0.745. The summed E-state index contributed by atoms with van der Waals surface area (Å²) in [6.45, 7) is 0.791. The predicted octanol–water partition coefficient (Wildman–Crippen LogP) is 2.26. The summed E-state index contributed by atoms with van der Waals surface area (Å²) in [4.78, 5) is 24.5. The Hall–Kier alpha value is -1.84. The highest BCUT2D eigenvalue weighted by atomic mass is 16.4. The van der Waals surface area contributed by atoms with Gasteiger partial charge in [-0.2, -0.15) is 0 Å². The first-order valence-corrected chi connectivity index (χ1v) is 6.17. The van der Waals surface area contributed by atoms with Gasteiger partial charge in [0.25, 0.3) is 5.91 Å². The molecule has 1 aliphatic carbocycles. The van der Waals surface area contributed by atoms with Gasteiger partial charge in [-0.05, 0) is 43.0 Å². The second kappa shape index (κ2) is 5.21. The minimum absolute atomic E-state index is 0.0427. The van der Waals surface area contributed by atoms with Gasteiger partial charge in [-0.1, -0.05) is 6.42 Å². The molecule has 1 saturated carbocycles. The summed E-state index contributed by atoms with van der Waals surface area (Å²) in [7, 11) is 1.80. The SMILES string of the molecule is CN(CC1CCC1)C(=O)c1ccc(C(=O)O)cc1. The summed E-state index contributed by atoms with van der Waals surface area (Å²) in [6, 6.07) is 6.08. The van der Waals surface area contributed by atoms with Crippen molar-refractivity contribution in [1.29, 1.82) is 0 Å². The lowest BCUT2D eigenvalue weighted by Gasteiger charge is -2.30. The molecule has 0 aliphatic heterocycles. The summed E-state index contributed by atoms with van der Waals surface area (Å²) < 4.78 is 0. The average Bonchev–Trinajstić information content (AvgIpc) is 2.32. The third kappa shape index (κ3) is 2.70. The fourth-order valence-corrected chi connectivity index (χ4v) is 2.12. The zero-order chi connectivity index (χ0) is 13.1. The highest BCUT2D eigenvalue weighted by molar-refractivity contribution is 5.95. The zero-order valence-electron chi connectivity index (χ0n) is 10.4. The molecule has 1 aromatic carbocycles. The largest absolute Gasteiger partial charge is 0.478 e. The van der Waals surface area contributed by atoms with Gasteiger partial charge < -0.3 is 10.0 Å². The number of carboxylic acid groups (broad SMARTS) is 1. The molecule has 1 N–H and O–H groups in total. The highest BCUT2D eigenvalue weighted by Gasteiger charge is 2.22. The number of carboxylic acids is 1. The van der Waals surface area contributed by atoms with E-state index in [0.717, 1.165) is 6.54 Å². The fraction of sp³-hybridized carbons (Fsp3) is 0.429. The molecule has 0 bridgehead atoms. The summed E-state index contributed by atoms with van der Waals surface area (Å²) >= 11 is 0. The Kier molecular flexibility index (Phi) is 3.65. The van der Waals surface area contributed by atoms with Crippen molar-refractivity contribution in [3.8, 4) is 0 Å². The van der Waals surface area contributed by atoms with E-state index in [2.05, 4.69) is 0 Å². The lowest BCUT2D eigenvalue weighted by Crippen LogP contribution is -2.34. The number of nitrogens with zero attached hydrogens (tertiary/aromatic N) is 1. The summed E-state index contributed by atoms with van der Waals surface area (Å²) in [6.07, 6.45) is 3.67. The van der Waals surface area contributed by atoms with Crippen LogP contribution in [0.25, 0.3) is 0 Å². The molecule has 0 unspecified atom stereocenters. The number of rotatable bonds is 4. The number of benzene rings is 1. The number of aromatic carboxylic acids is 1. The van der Waals surface area contributed by atoms with Gasteiger partial charge in [0.1, 0.15) is 0 Å². The second-order valence-corrected chi connectivity index (χ2v) is 4.87. The molecule has 0 spiro atoms. The Labute approximate surface area is 106 Å². The number of amides is 1. The van der Waals surface area contributed by atoms with Crippen LogP contribution >= 0.6 is 0 Å². The molecule has 4 nitrogen and oxygen atoms in total. The monoisotopic (exact) mass is 247 g/mol. The normalized spacial score (nSPS) is 14.9. The topological polar surface area (TPSA) is 57.6 Å². The fourth-order valence-electron chi connectivity index (χ4n) is 2.12. The molecule has 1 aromatic rings. The van der Waals surface area contributed by atoms with Crippen LogP contribution < -0.4 is 0 Å². The highest BCUT2D eigenvalue weighted by Crippen LogP contribution is 2.27. The van der Waals surface area contributed by atoms with E-state index in [1.54, 1.807) is 24.1 Å². The van der Waals surface area contributed by atoms with E-state index in [4.69, 9.17) is 5.11 Å². The van der Waals surface area contributed by atoms with E-state index in [9.17, 15) is 9.59 Å². The quantitative estimate of drug-likeness (QED) is 0.887. The lowest BCUT2D eigenvalue weighted by molar-refractivity contribution is 0.0693. The molecule has 0 saturated heterocycles. The van der Waals surface area contributed by atoms with Gasteiger partial charge >= 0.3 is 5.97 Å². The van der Waals surface area contributed by atoms with E-state index in [1.807, 2.05) is 0 Å². The molecule has 0 radical (unpaired) electrons. The Balaban J connectivity index is 2.00. The number of hydrogen-bond acceptors (Lipinski definition) is 2. The minimum atomic E-state index is -0.975. The van der Waals surface area contributed by atoms with E-state index >= 15 is 0 Å². The molecule has 0 heterocycles. The van der Waals surface area contributed by atoms with Crippen LogP contribution in [0, 0.1) is 5.92 Å². The third-order valence-electron chi connectivity index (χ3n) is 3.48. The van der Waals surface area contributed by atoms with Crippen LogP contribution in [0.4, 0.5) is 0 Å². The van der Waals surface area contributed by atoms with E-state index in [0.29, 0.717) is 11.5 Å². The van der Waals surface area contributed by atoms with E-state index in [-0.39, 0.29) is 11.5 Å². The van der Waals surface area contributed by atoms with Crippen molar-refractivity contribution >= 4 is 11.9 Å². The Morgan fingerprint density at radius 1 is 1.22 bits per heavy atom. The smallest absolute Gasteiger partial charge is 0.335 e. The van der Waals surface area contributed by atoms with E-state index < -0.39 is 5.97 Å². The number of hydrogen-bond donors (Lipinski definition) is 1. The van der Waals surface area contributed by atoms with Crippen LogP contribution in [0.1, 0.15) is 40.0 Å². The van der Waals surface area contributed by atoms with Crippen molar-refractivity contribution < 1.29 is 14.7 Å². The minimum Gasteiger partial charge on any atom is -0.478 e. The first-order chi connectivity index (χ1) is 8.58. The molecule has 4 heteroatoms. The molecule has 0 atom stereocenters. The maximum absolute atomic E-state index is 12.1. The van der Waals surface area contributed by atoms with Gasteiger partial charge in [0.15, 0.2) is 0 Å². The lowest BCUT2D eigenvalue weighted by atomic mass is 9.85. The maximum Gasteiger partial charge on any atom is 0.335 e. The first kappa shape index (κ1) is 12.6. The number of carbonyl (C=O) groups is 2. The van der Waals surface area contributed by atoms with Crippen LogP contribution in [-0.2, 0) is 0 Å². The Bertz CT molecular complexity index is 449. The van der Waals surface area contributed by atoms with Crippen LogP contribution in [0.2, 0.25) is 0 Å². The van der Waals surface area contributed by atoms with Gasteiger partial charge in [0.2, 0.25) is 0 Å². The van der Waals surface area contributed by atoms with Crippen LogP contribution in [0.15, 0.2) is 24.3 Å². The molecule has 18 heavy (non-hydrogen) atoms. The van der Waals surface area contributed by atoms with Crippen molar-refractivity contribution in [2.45, 2.75) is 19.3 Å². The number of carbonyl (C=O) groups excluding carboxylic acids is 1. The maximum atomic E-state index is 12.1. The molecular formula is C14H17NO3. The third-order valence-corrected chi connectivity index (χ3v) is 3.48. The zero-order valence-corrected chi connectivity index (χ0v) is 10.4. The van der Waals surface area contributed by atoms with Crippen LogP contribution in [-0.4, -0.2) is 35.5 Å². The summed E-state index contributed by atoms with van der Waals surface area (Å²) in [5.74, 6) is -0.382. The molecule has 1 fully saturated rings. The van der Waals surface area contributed by atoms with Crippen LogP contribution in [0.5, 0.6) is 0 Å². The molecule has 2 rings (SSSR count). The van der Waals surface area contributed by atoms with Gasteiger partial charge in [0.05, 0.1) is 5.56 Å². The van der Waals surface area contributed by atoms with Gasteiger partial charge in [-0.15, -0.1) is 0 Å². The van der Waals surface area contributed by atoms with Crippen molar-refractivity contribution in [2.75, 3.05) is 13.6 Å². The molecule has 0 aromatic heterocycles. The van der Waals surface area contributed by atoms with Crippen LogP contribution in [0.3, 0.4) is 0 Å². The molecule has 1 amide bonds. The van der Waals surface area contributed by atoms with Crippen molar-refractivity contribution in [3.05, 3.63) is 35.4 Å². The standard InChI is InChI=1S/C14H17NO3/c1-15(9-10-3-2-4-10)13(16)11-5-7-12(8-6-11)14(17)18/h5-8,10H,2-4,9H2,1H3,(H,17,18). The van der Waals surface area contributed by atoms with Gasteiger partial charge in [-0.3, -0.25) is 4.79 Å². The molecule has 96 valence electrons. The van der Waals surface area contributed by atoms with Crippen molar-refractivity contribution in [1.82, 2.24) is 4.90 Å². The Morgan fingerprint density at radius 3 is 2.22 bits per heavy atom. The van der Waals surface area contributed by atoms with Crippen molar-refractivity contribution in [2.24, 2.45) is 5.92 Å². The van der Waals surface area contributed by atoms with Gasteiger partial charge in [0, 0.05) is 19.2 Å². The molecular weight excluding hydrogens is 230 g/mol. The molecule has 1 aliphatic rings. The Morgan fingerprint density at radius 2 is 1.78 bits per heavy atom. The summed E-state index contributed by atoms with van der Waals surface area (Å²) in [5, 5.41) is 8.79. The average molecular weight is 247 g/mol.